The monoisotopic (exact) mass is 326 g/mol. The quantitative estimate of drug-likeness (QED) is 0.671. The Morgan fingerprint density at radius 2 is 1.80 bits per heavy atom. The van der Waals surface area contributed by atoms with Gasteiger partial charge in [-0.25, -0.2) is 4.98 Å². The summed E-state index contributed by atoms with van der Waals surface area (Å²) in [5.74, 6) is 0. The summed E-state index contributed by atoms with van der Waals surface area (Å²) in [6, 6.07) is 19.1. The minimum atomic E-state index is 0.226. The molecule has 0 spiro atoms. The summed E-state index contributed by atoms with van der Waals surface area (Å²) >= 11 is 3.35. The number of hydrogen-bond acceptors (Lipinski definition) is 2. The maximum Gasteiger partial charge on any atom is 0.106 e. The Morgan fingerprint density at radius 1 is 1.00 bits per heavy atom. The van der Waals surface area contributed by atoms with Crippen LogP contribution in [0.5, 0.6) is 0 Å². The van der Waals surface area contributed by atoms with Crippen LogP contribution in [-0.2, 0) is 0 Å². The van der Waals surface area contributed by atoms with Gasteiger partial charge in [-0.1, -0.05) is 42.5 Å². The van der Waals surface area contributed by atoms with Crippen molar-refractivity contribution in [3.05, 3.63) is 71.0 Å². The van der Waals surface area contributed by atoms with Gasteiger partial charge in [-0.15, -0.1) is 0 Å². The molecular formula is C17H15BrN2. The predicted molar refractivity (Wildman–Crippen MR) is 87.9 cm³/mol. The molecule has 1 heterocycles. The zero-order valence-electron chi connectivity index (χ0n) is 11.2. The summed E-state index contributed by atoms with van der Waals surface area (Å²) in [6.07, 6.45) is 1.84. The van der Waals surface area contributed by atoms with E-state index in [0.29, 0.717) is 0 Å². The molecule has 0 amide bonds. The van der Waals surface area contributed by atoms with Gasteiger partial charge in [-0.05, 0) is 51.3 Å². The van der Waals surface area contributed by atoms with Crippen molar-refractivity contribution in [1.29, 1.82) is 0 Å². The minimum absolute atomic E-state index is 0.226. The predicted octanol–water partition coefficient (Wildman–Crippen LogP) is 5.17. The van der Waals surface area contributed by atoms with Crippen LogP contribution in [0.25, 0.3) is 10.8 Å². The Hall–Kier alpha value is -1.87. The Bertz CT molecular complexity index is 717. The molecule has 0 aliphatic carbocycles. The molecule has 0 aliphatic heterocycles. The van der Waals surface area contributed by atoms with Gasteiger partial charge in [-0.3, -0.25) is 0 Å². The van der Waals surface area contributed by atoms with Crippen LogP contribution >= 0.6 is 15.9 Å². The molecule has 1 atom stereocenters. The number of benzene rings is 2. The molecule has 0 bridgehead atoms. The smallest absolute Gasteiger partial charge is 0.106 e. The van der Waals surface area contributed by atoms with Crippen LogP contribution in [0.3, 0.4) is 0 Å². The number of nitrogens with one attached hydrogen (secondary N) is 1. The number of anilines is 1. The number of pyridine rings is 1. The highest BCUT2D eigenvalue weighted by molar-refractivity contribution is 9.10. The lowest BCUT2D eigenvalue weighted by Crippen LogP contribution is -2.07. The molecular weight excluding hydrogens is 312 g/mol. The number of rotatable bonds is 3. The third-order valence-electron chi connectivity index (χ3n) is 3.40. The van der Waals surface area contributed by atoms with Crippen molar-refractivity contribution < 1.29 is 0 Å². The Kier molecular flexibility index (Phi) is 3.70. The average Bonchev–Trinajstić information content (AvgIpc) is 2.49. The SMILES string of the molecule is CC(Nc1ccc(Br)nc1)c1cccc2ccccc12. The zero-order chi connectivity index (χ0) is 13.9. The lowest BCUT2D eigenvalue weighted by atomic mass is 9.99. The van der Waals surface area contributed by atoms with Crippen molar-refractivity contribution >= 4 is 32.4 Å². The van der Waals surface area contributed by atoms with Crippen molar-refractivity contribution in [3.8, 4) is 0 Å². The first-order valence-electron chi connectivity index (χ1n) is 6.60. The van der Waals surface area contributed by atoms with Crippen LogP contribution in [0.2, 0.25) is 0 Å². The van der Waals surface area contributed by atoms with Gasteiger partial charge in [0.2, 0.25) is 0 Å². The van der Waals surface area contributed by atoms with Gasteiger partial charge in [0.1, 0.15) is 4.60 Å². The number of nitrogens with zero attached hydrogens (tertiary/aromatic N) is 1. The second kappa shape index (κ2) is 5.63. The Balaban J connectivity index is 1.92. The number of halogens is 1. The average molecular weight is 327 g/mol. The third kappa shape index (κ3) is 2.68. The van der Waals surface area contributed by atoms with Crippen molar-refractivity contribution in [2.75, 3.05) is 5.32 Å². The second-order valence-electron chi connectivity index (χ2n) is 4.80. The molecule has 0 radical (unpaired) electrons. The van der Waals surface area contributed by atoms with Gasteiger partial charge < -0.3 is 5.32 Å². The first-order valence-corrected chi connectivity index (χ1v) is 7.39. The van der Waals surface area contributed by atoms with E-state index in [2.05, 4.69) is 75.6 Å². The van der Waals surface area contributed by atoms with E-state index in [1.165, 1.54) is 16.3 Å². The van der Waals surface area contributed by atoms with Gasteiger partial charge in [0.15, 0.2) is 0 Å². The first-order chi connectivity index (χ1) is 9.74. The summed E-state index contributed by atoms with van der Waals surface area (Å²) in [6.45, 7) is 2.17. The molecule has 2 aromatic carbocycles. The van der Waals surface area contributed by atoms with Gasteiger partial charge in [0.25, 0.3) is 0 Å². The van der Waals surface area contributed by atoms with Crippen LogP contribution in [-0.4, -0.2) is 4.98 Å². The van der Waals surface area contributed by atoms with E-state index in [-0.39, 0.29) is 6.04 Å². The zero-order valence-corrected chi connectivity index (χ0v) is 12.8. The molecule has 0 fully saturated rings. The second-order valence-corrected chi connectivity index (χ2v) is 5.62. The van der Waals surface area contributed by atoms with Crippen LogP contribution < -0.4 is 5.32 Å². The van der Waals surface area contributed by atoms with Gasteiger partial charge >= 0.3 is 0 Å². The molecule has 1 aromatic heterocycles. The Morgan fingerprint density at radius 3 is 2.60 bits per heavy atom. The maximum atomic E-state index is 4.24. The van der Waals surface area contributed by atoms with E-state index in [1.807, 2.05) is 18.3 Å². The summed E-state index contributed by atoms with van der Waals surface area (Å²) in [5, 5.41) is 6.06. The highest BCUT2D eigenvalue weighted by atomic mass is 79.9. The molecule has 1 unspecified atom stereocenters. The summed E-state index contributed by atoms with van der Waals surface area (Å²) < 4.78 is 0.848. The summed E-state index contributed by atoms with van der Waals surface area (Å²) in [5.41, 5.74) is 2.32. The fraction of sp³-hybridized carbons (Fsp3) is 0.118. The summed E-state index contributed by atoms with van der Waals surface area (Å²) in [4.78, 5) is 4.24. The number of hydrogen-bond donors (Lipinski definition) is 1. The maximum absolute atomic E-state index is 4.24. The molecule has 3 rings (SSSR count). The van der Waals surface area contributed by atoms with E-state index in [1.54, 1.807) is 0 Å². The molecule has 0 saturated heterocycles. The summed E-state index contributed by atoms with van der Waals surface area (Å²) in [7, 11) is 0. The molecule has 20 heavy (non-hydrogen) atoms. The normalized spacial score (nSPS) is 12.3. The molecule has 3 aromatic rings. The molecule has 0 saturated carbocycles. The van der Waals surface area contributed by atoms with Gasteiger partial charge in [-0.2, -0.15) is 0 Å². The molecule has 1 N–H and O–H groups in total. The van der Waals surface area contributed by atoms with E-state index in [0.717, 1.165) is 10.3 Å². The van der Waals surface area contributed by atoms with Crippen molar-refractivity contribution in [1.82, 2.24) is 4.98 Å². The van der Waals surface area contributed by atoms with Crippen LogP contribution in [0, 0.1) is 0 Å². The van der Waals surface area contributed by atoms with E-state index < -0.39 is 0 Å². The number of aromatic nitrogens is 1. The standard InChI is InChI=1S/C17H15BrN2/c1-12(20-14-9-10-17(18)19-11-14)15-8-4-6-13-5-2-3-7-16(13)15/h2-12,20H,1H3. The van der Waals surface area contributed by atoms with Crippen molar-refractivity contribution in [2.45, 2.75) is 13.0 Å². The van der Waals surface area contributed by atoms with E-state index >= 15 is 0 Å². The molecule has 0 aliphatic rings. The highest BCUT2D eigenvalue weighted by Crippen LogP contribution is 2.26. The van der Waals surface area contributed by atoms with Gasteiger partial charge in [0.05, 0.1) is 11.9 Å². The largest absolute Gasteiger partial charge is 0.377 e. The minimum Gasteiger partial charge on any atom is -0.377 e. The van der Waals surface area contributed by atoms with Crippen molar-refractivity contribution in [3.63, 3.8) is 0 Å². The van der Waals surface area contributed by atoms with Gasteiger partial charge in [0, 0.05) is 6.04 Å². The lowest BCUT2D eigenvalue weighted by molar-refractivity contribution is 0.892. The topological polar surface area (TPSA) is 24.9 Å². The van der Waals surface area contributed by atoms with Crippen LogP contribution in [0.4, 0.5) is 5.69 Å². The Labute approximate surface area is 127 Å². The third-order valence-corrected chi connectivity index (χ3v) is 3.87. The van der Waals surface area contributed by atoms with Crippen molar-refractivity contribution in [2.24, 2.45) is 0 Å². The lowest BCUT2D eigenvalue weighted by Gasteiger charge is -2.17. The first kappa shape index (κ1) is 13.1. The molecule has 100 valence electrons. The van der Waals surface area contributed by atoms with Crippen LogP contribution in [0.1, 0.15) is 18.5 Å². The van der Waals surface area contributed by atoms with E-state index in [4.69, 9.17) is 0 Å². The number of fused-ring (bicyclic) bond motifs is 1. The fourth-order valence-electron chi connectivity index (χ4n) is 2.42. The highest BCUT2D eigenvalue weighted by Gasteiger charge is 2.09. The fourth-order valence-corrected chi connectivity index (χ4v) is 2.65. The molecule has 3 heteroatoms. The van der Waals surface area contributed by atoms with E-state index in [9.17, 15) is 0 Å². The molecule has 2 nitrogen and oxygen atoms in total. The van der Waals surface area contributed by atoms with Crippen LogP contribution in [0.15, 0.2) is 65.4 Å².